The lowest BCUT2D eigenvalue weighted by Gasteiger charge is -2.21. The number of piperidine rings is 1. The maximum atomic E-state index is 11.8. The summed E-state index contributed by atoms with van der Waals surface area (Å²) in [5, 5.41) is 12.9. The number of nitrogens with one attached hydrogen (secondary N) is 2. The Morgan fingerprint density at radius 2 is 2.35 bits per heavy atom. The molecule has 0 bridgehead atoms. The Balaban J connectivity index is 1.68. The van der Waals surface area contributed by atoms with Crippen LogP contribution in [0.3, 0.4) is 0 Å². The molecule has 0 amide bonds. The van der Waals surface area contributed by atoms with Gasteiger partial charge < -0.3 is 19.6 Å². The van der Waals surface area contributed by atoms with Crippen LogP contribution in [-0.2, 0) is 12.8 Å². The van der Waals surface area contributed by atoms with Gasteiger partial charge in [-0.2, -0.15) is 0 Å². The summed E-state index contributed by atoms with van der Waals surface area (Å²) in [6, 6.07) is 1.56. The van der Waals surface area contributed by atoms with Gasteiger partial charge in [0.25, 0.3) is 0 Å². The molecule has 23 heavy (non-hydrogen) atoms. The summed E-state index contributed by atoms with van der Waals surface area (Å²) in [7, 11) is 3.49. The standard InChI is InChI=1S/C15H21N5O2S/c1-20-14(10-4-3-5-16-7-10)18-19-15(20)23-9-11-6-12(21)13(22-2)8-17-11/h6,8,10,16H,3-5,7,9H2,1-2H3,(H,17,21)/t10-/m1/s1. The molecule has 2 aromatic heterocycles. The fraction of sp³-hybridized carbons (Fsp3) is 0.533. The number of nitrogens with zero attached hydrogens (tertiary/aromatic N) is 3. The Hall–Kier alpha value is -1.80. The van der Waals surface area contributed by atoms with Crippen LogP contribution in [0.15, 0.2) is 22.2 Å². The quantitative estimate of drug-likeness (QED) is 0.801. The van der Waals surface area contributed by atoms with E-state index in [-0.39, 0.29) is 5.43 Å². The first-order chi connectivity index (χ1) is 11.2. The van der Waals surface area contributed by atoms with Crippen molar-refractivity contribution in [2.24, 2.45) is 7.05 Å². The molecule has 3 rings (SSSR count). The van der Waals surface area contributed by atoms with Crippen molar-refractivity contribution in [3.63, 3.8) is 0 Å². The van der Waals surface area contributed by atoms with Crippen LogP contribution in [0, 0.1) is 0 Å². The molecule has 1 aliphatic rings. The highest BCUT2D eigenvalue weighted by atomic mass is 32.2. The number of ether oxygens (including phenoxy) is 1. The monoisotopic (exact) mass is 335 g/mol. The van der Waals surface area contributed by atoms with E-state index in [1.165, 1.54) is 13.5 Å². The van der Waals surface area contributed by atoms with Crippen molar-refractivity contribution in [1.82, 2.24) is 25.1 Å². The molecular weight excluding hydrogens is 314 g/mol. The van der Waals surface area contributed by atoms with Crippen molar-refractivity contribution in [2.75, 3.05) is 20.2 Å². The fourth-order valence-corrected chi connectivity index (χ4v) is 3.60. The average molecular weight is 335 g/mol. The van der Waals surface area contributed by atoms with Gasteiger partial charge >= 0.3 is 0 Å². The molecule has 8 heteroatoms. The molecule has 1 fully saturated rings. The van der Waals surface area contributed by atoms with E-state index in [2.05, 4.69) is 25.1 Å². The second-order valence-electron chi connectivity index (χ2n) is 5.62. The number of pyridine rings is 1. The fourth-order valence-electron chi connectivity index (χ4n) is 2.77. The van der Waals surface area contributed by atoms with Gasteiger partial charge in [0, 0.05) is 43.2 Å². The van der Waals surface area contributed by atoms with E-state index in [9.17, 15) is 4.79 Å². The van der Waals surface area contributed by atoms with Crippen LogP contribution in [0.1, 0.15) is 30.3 Å². The number of methoxy groups -OCH3 is 1. The van der Waals surface area contributed by atoms with E-state index in [0.29, 0.717) is 17.4 Å². The number of hydrogen-bond acceptors (Lipinski definition) is 6. The molecule has 0 radical (unpaired) electrons. The molecule has 0 unspecified atom stereocenters. The Bertz CT molecular complexity index is 721. The first-order valence-corrected chi connectivity index (χ1v) is 8.66. The van der Waals surface area contributed by atoms with Gasteiger partial charge in [0.05, 0.1) is 7.11 Å². The van der Waals surface area contributed by atoms with E-state index in [1.54, 1.807) is 24.0 Å². The zero-order valence-corrected chi connectivity index (χ0v) is 14.2. The maximum Gasteiger partial charge on any atom is 0.223 e. The van der Waals surface area contributed by atoms with Crippen LogP contribution >= 0.6 is 11.8 Å². The summed E-state index contributed by atoms with van der Waals surface area (Å²) >= 11 is 1.57. The van der Waals surface area contributed by atoms with Crippen molar-refractivity contribution in [1.29, 1.82) is 0 Å². The lowest BCUT2D eigenvalue weighted by molar-refractivity contribution is 0.408. The summed E-state index contributed by atoms with van der Waals surface area (Å²) in [6.07, 6.45) is 3.91. The minimum absolute atomic E-state index is 0.117. The van der Waals surface area contributed by atoms with Crippen LogP contribution in [0.4, 0.5) is 0 Å². The molecule has 1 atom stereocenters. The third kappa shape index (κ3) is 3.59. The van der Waals surface area contributed by atoms with Crippen LogP contribution < -0.4 is 15.5 Å². The van der Waals surface area contributed by atoms with Gasteiger partial charge in [-0.3, -0.25) is 4.79 Å². The SMILES string of the molecule is COc1c[nH]c(CSc2nnc([C@@H]3CCCNC3)n2C)cc1=O. The molecule has 0 spiro atoms. The van der Waals surface area contributed by atoms with Crippen molar-refractivity contribution < 1.29 is 4.74 Å². The van der Waals surface area contributed by atoms with E-state index in [1.807, 2.05) is 7.05 Å². The lowest BCUT2D eigenvalue weighted by atomic mass is 9.99. The molecular formula is C15H21N5O2S. The van der Waals surface area contributed by atoms with Crippen LogP contribution in [0.25, 0.3) is 0 Å². The van der Waals surface area contributed by atoms with Crippen LogP contribution in [-0.4, -0.2) is 39.9 Å². The second kappa shape index (κ2) is 7.18. The third-order valence-electron chi connectivity index (χ3n) is 4.04. The second-order valence-corrected chi connectivity index (χ2v) is 6.57. The van der Waals surface area contributed by atoms with Crippen molar-refractivity contribution in [2.45, 2.75) is 29.7 Å². The minimum Gasteiger partial charge on any atom is -0.491 e. The Kier molecular flexibility index (Phi) is 5.02. The number of aromatic amines is 1. The average Bonchev–Trinajstić information content (AvgIpc) is 2.94. The molecule has 2 N–H and O–H groups in total. The van der Waals surface area contributed by atoms with Crippen molar-refractivity contribution in [3.05, 3.63) is 34.0 Å². The van der Waals surface area contributed by atoms with Crippen molar-refractivity contribution in [3.8, 4) is 5.75 Å². The van der Waals surface area contributed by atoms with Gasteiger partial charge in [0.1, 0.15) is 5.82 Å². The molecule has 1 saturated heterocycles. The van der Waals surface area contributed by atoms with Gasteiger partial charge in [-0.25, -0.2) is 0 Å². The molecule has 0 aliphatic carbocycles. The highest BCUT2D eigenvalue weighted by Crippen LogP contribution is 2.26. The Morgan fingerprint density at radius 1 is 1.48 bits per heavy atom. The summed E-state index contributed by atoms with van der Waals surface area (Å²) in [5.74, 6) is 2.41. The number of H-pyrrole nitrogens is 1. The number of aromatic nitrogens is 4. The topological polar surface area (TPSA) is 84.8 Å². The first-order valence-electron chi connectivity index (χ1n) is 7.67. The third-order valence-corrected chi connectivity index (χ3v) is 5.11. The molecule has 7 nitrogen and oxygen atoms in total. The molecule has 0 aromatic carbocycles. The Morgan fingerprint density at radius 3 is 3.04 bits per heavy atom. The van der Waals surface area contributed by atoms with Gasteiger partial charge in [-0.1, -0.05) is 11.8 Å². The molecule has 0 saturated carbocycles. The summed E-state index contributed by atoms with van der Waals surface area (Å²) in [4.78, 5) is 14.8. The number of hydrogen-bond donors (Lipinski definition) is 2. The largest absolute Gasteiger partial charge is 0.491 e. The van der Waals surface area contributed by atoms with E-state index >= 15 is 0 Å². The zero-order valence-electron chi connectivity index (χ0n) is 13.3. The first kappa shape index (κ1) is 16.1. The predicted octanol–water partition coefficient (Wildman–Crippen LogP) is 1.27. The van der Waals surface area contributed by atoms with Crippen LogP contribution in [0.5, 0.6) is 5.75 Å². The normalized spacial score (nSPS) is 18.1. The molecule has 3 heterocycles. The smallest absolute Gasteiger partial charge is 0.223 e. The highest BCUT2D eigenvalue weighted by Gasteiger charge is 2.21. The molecule has 1 aliphatic heterocycles. The van der Waals surface area contributed by atoms with E-state index < -0.39 is 0 Å². The number of thioether (sulfide) groups is 1. The highest BCUT2D eigenvalue weighted by molar-refractivity contribution is 7.98. The molecule has 2 aromatic rings. The zero-order chi connectivity index (χ0) is 16.2. The van der Waals surface area contributed by atoms with Gasteiger partial charge in [-0.15, -0.1) is 10.2 Å². The van der Waals surface area contributed by atoms with Gasteiger partial charge in [0.15, 0.2) is 10.9 Å². The lowest BCUT2D eigenvalue weighted by Crippen LogP contribution is -2.29. The predicted molar refractivity (Wildman–Crippen MR) is 89.0 cm³/mol. The van der Waals surface area contributed by atoms with Gasteiger partial charge in [0.2, 0.25) is 5.43 Å². The van der Waals surface area contributed by atoms with Crippen molar-refractivity contribution >= 4 is 11.8 Å². The maximum absolute atomic E-state index is 11.8. The van der Waals surface area contributed by atoms with Gasteiger partial charge in [-0.05, 0) is 19.4 Å². The summed E-state index contributed by atoms with van der Waals surface area (Å²) in [5.41, 5.74) is 0.721. The van der Waals surface area contributed by atoms with Crippen LogP contribution in [0.2, 0.25) is 0 Å². The minimum atomic E-state index is -0.117. The molecule has 124 valence electrons. The van der Waals surface area contributed by atoms with E-state index in [4.69, 9.17) is 4.74 Å². The Labute approximate surface area is 138 Å². The summed E-state index contributed by atoms with van der Waals surface area (Å²) < 4.78 is 7.03. The number of rotatable bonds is 5. The van der Waals surface area contributed by atoms with E-state index in [0.717, 1.165) is 36.2 Å². The summed E-state index contributed by atoms with van der Waals surface area (Å²) in [6.45, 7) is 2.04.